The first kappa shape index (κ1) is 30.3. The highest BCUT2D eigenvalue weighted by molar-refractivity contribution is 6.14. The summed E-state index contributed by atoms with van der Waals surface area (Å²) in [4.78, 5) is 57.9. The third kappa shape index (κ3) is 6.34. The van der Waals surface area contributed by atoms with Crippen molar-refractivity contribution in [1.82, 2.24) is 30.2 Å². The Kier molecular flexibility index (Phi) is 8.56. The van der Waals surface area contributed by atoms with Gasteiger partial charge in [-0.25, -0.2) is 24.7 Å². The minimum Gasteiger partial charge on any atom is -0.402 e. The maximum Gasteiger partial charge on any atom is 0.367 e. The van der Waals surface area contributed by atoms with Gasteiger partial charge in [-0.2, -0.15) is 4.98 Å². The standard InChI is InChI=1S/C21H20N4O2.C16H9N3O2/c26-20(17-10-4-8-15-7-1-2-9-16(15)17)25-19-18(22-11-12-23-19)21(27)24-13-14-5-3-6-14;20-16-13-14(18-9-8-17-13)19-15(21-16)12-7-3-5-10-4-1-2-6-11(10)12/h1-2,4,7-12,14H,3,5-6,13H2,(H,24,27)(H,23,25,26);1-9H. The molecule has 0 bridgehead atoms. The molecule has 7 aromatic rings. The van der Waals surface area contributed by atoms with Gasteiger partial charge in [0.25, 0.3) is 11.8 Å². The lowest BCUT2D eigenvalue weighted by molar-refractivity contribution is 0.0934. The smallest absolute Gasteiger partial charge is 0.367 e. The van der Waals surface area contributed by atoms with Crippen LogP contribution in [-0.4, -0.2) is 43.3 Å². The van der Waals surface area contributed by atoms with Crippen LogP contribution in [0.1, 0.15) is 40.1 Å². The molecule has 0 radical (unpaired) electrons. The van der Waals surface area contributed by atoms with Gasteiger partial charge in [0, 0.05) is 42.5 Å². The number of fused-ring (bicyclic) bond motifs is 3. The van der Waals surface area contributed by atoms with E-state index in [0.29, 0.717) is 18.0 Å². The van der Waals surface area contributed by atoms with Gasteiger partial charge in [-0.3, -0.25) is 9.59 Å². The molecule has 3 aromatic heterocycles. The number of rotatable bonds is 6. The molecule has 8 rings (SSSR count). The average molecular weight is 636 g/mol. The van der Waals surface area contributed by atoms with E-state index in [0.717, 1.165) is 39.9 Å². The number of carbonyl (C=O) groups is 2. The number of carbonyl (C=O) groups excluding carboxylic acids is 2. The number of aromatic nitrogens is 5. The Bertz CT molecular complexity index is 2340. The van der Waals surface area contributed by atoms with Crippen molar-refractivity contribution in [3.8, 4) is 11.5 Å². The predicted octanol–water partition coefficient (Wildman–Crippen LogP) is 6.21. The van der Waals surface area contributed by atoms with E-state index >= 15 is 0 Å². The van der Waals surface area contributed by atoms with Gasteiger partial charge in [-0.1, -0.05) is 79.2 Å². The summed E-state index contributed by atoms with van der Waals surface area (Å²) in [7, 11) is 0. The first-order chi connectivity index (χ1) is 23.5. The summed E-state index contributed by atoms with van der Waals surface area (Å²) in [5, 5.41) is 9.48. The molecule has 1 saturated carbocycles. The van der Waals surface area contributed by atoms with Crippen LogP contribution in [-0.2, 0) is 0 Å². The van der Waals surface area contributed by atoms with Crippen LogP contribution in [0.4, 0.5) is 5.82 Å². The van der Waals surface area contributed by atoms with Crippen molar-refractivity contribution in [2.24, 2.45) is 5.92 Å². The monoisotopic (exact) mass is 635 g/mol. The second-order valence-electron chi connectivity index (χ2n) is 11.3. The molecule has 11 nitrogen and oxygen atoms in total. The lowest BCUT2D eigenvalue weighted by atomic mass is 9.85. The van der Waals surface area contributed by atoms with E-state index in [1.165, 1.54) is 31.2 Å². The molecular formula is C37H29N7O4. The van der Waals surface area contributed by atoms with E-state index in [4.69, 9.17) is 4.42 Å². The van der Waals surface area contributed by atoms with E-state index in [1.54, 1.807) is 6.07 Å². The van der Waals surface area contributed by atoms with Crippen molar-refractivity contribution in [2.45, 2.75) is 19.3 Å². The summed E-state index contributed by atoms with van der Waals surface area (Å²) in [6, 6.07) is 26.8. The van der Waals surface area contributed by atoms with Crippen LogP contribution in [0.3, 0.4) is 0 Å². The molecule has 11 heteroatoms. The van der Waals surface area contributed by atoms with Crippen molar-refractivity contribution in [3.63, 3.8) is 0 Å². The zero-order valence-corrected chi connectivity index (χ0v) is 25.7. The van der Waals surface area contributed by atoms with Crippen molar-refractivity contribution in [2.75, 3.05) is 11.9 Å². The lowest BCUT2D eigenvalue weighted by Gasteiger charge is -2.25. The van der Waals surface area contributed by atoms with E-state index in [-0.39, 0.29) is 40.4 Å². The Balaban J connectivity index is 0.000000156. The number of hydrogen-bond donors (Lipinski definition) is 2. The maximum absolute atomic E-state index is 12.8. The average Bonchev–Trinajstić information content (AvgIpc) is 3.11. The van der Waals surface area contributed by atoms with Crippen LogP contribution in [0.15, 0.2) is 119 Å². The number of nitrogens with zero attached hydrogens (tertiary/aromatic N) is 5. The fraction of sp³-hybridized carbons (Fsp3) is 0.135. The highest BCUT2D eigenvalue weighted by Gasteiger charge is 2.22. The lowest BCUT2D eigenvalue weighted by Crippen LogP contribution is -2.33. The van der Waals surface area contributed by atoms with Gasteiger partial charge in [0.15, 0.2) is 22.7 Å². The molecule has 1 aliphatic carbocycles. The van der Waals surface area contributed by atoms with Gasteiger partial charge in [-0.15, -0.1) is 0 Å². The molecule has 0 atom stereocenters. The minimum absolute atomic E-state index is 0.130. The van der Waals surface area contributed by atoms with Crippen LogP contribution in [0.25, 0.3) is 44.2 Å². The van der Waals surface area contributed by atoms with Crippen LogP contribution >= 0.6 is 0 Å². The second kappa shape index (κ2) is 13.6. The highest BCUT2D eigenvalue weighted by Crippen LogP contribution is 2.27. The largest absolute Gasteiger partial charge is 0.402 e. The molecule has 0 spiro atoms. The summed E-state index contributed by atoms with van der Waals surface area (Å²) in [6.45, 7) is 0.631. The van der Waals surface area contributed by atoms with Gasteiger partial charge in [-0.05, 0) is 52.4 Å². The van der Waals surface area contributed by atoms with Crippen LogP contribution in [0, 0.1) is 5.92 Å². The number of amides is 2. The Labute approximate surface area is 274 Å². The zero-order valence-electron chi connectivity index (χ0n) is 25.7. The molecule has 4 aromatic carbocycles. The third-order valence-corrected chi connectivity index (χ3v) is 8.24. The van der Waals surface area contributed by atoms with E-state index in [1.807, 2.05) is 78.9 Å². The first-order valence-electron chi connectivity index (χ1n) is 15.5. The third-order valence-electron chi connectivity index (χ3n) is 8.24. The summed E-state index contributed by atoms with van der Waals surface area (Å²) in [6.07, 6.45) is 9.36. The van der Waals surface area contributed by atoms with Gasteiger partial charge in [0.2, 0.25) is 5.89 Å². The van der Waals surface area contributed by atoms with E-state index in [2.05, 4.69) is 35.6 Å². The molecular weight excluding hydrogens is 606 g/mol. The van der Waals surface area contributed by atoms with Gasteiger partial charge in [0.05, 0.1) is 0 Å². The van der Waals surface area contributed by atoms with Crippen LogP contribution in [0.2, 0.25) is 0 Å². The molecule has 0 saturated heterocycles. The van der Waals surface area contributed by atoms with Gasteiger partial charge < -0.3 is 15.1 Å². The molecule has 0 unspecified atom stereocenters. The SMILES string of the molecule is O=C(NCC1CCC1)c1nccnc1NC(=O)c1cccc2ccccc12.O=c1oc(-c2cccc3ccccc23)nc2nccnc12. The van der Waals surface area contributed by atoms with Gasteiger partial charge >= 0.3 is 5.63 Å². The number of anilines is 1. The fourth-order valence-electron chi connectivity index (χ4n) is 5.55. The number of benzene rings is 4. The molecule has 48 heavy (non-hydrogen) atoms. The Hall–Kier alpha value is -6.36. The Morgan fingerprint density at radius 1 is 0.729 bits per heavy atom. The molecule has 1 aliphatic rings. The summed E-state index contributed by atoms with van der Waals surface area (Å²) in [5.41, 5.74) is 1.32. The Morgan fingerprint density at radius 2 is 1.40 bits per heavy atom. The summed E-state index contributed by atoms with van der Waals surface area (Å²) in [5.74, 6) is 0.328. The van der Waals surface area contributed by atoms with Crippen molar-refractivity contribution in [1.29, 1.82) is 0 Å². The molecule has 0 aliphatic heterocycles. The molecule has 2 amide bonds. The molecule has 3 heterocycles. The number of hydrogen-bond acceptors (Lipinski definition) is 9. The fourth-order valence-corrected chi connectivity index (χ4v) is 5.55. The second-order valence-corrected chi connectivity index (χ2v) is 11.3. The summed E-state index contributed by atoms with van der Waals surface area (Å²) >= 11 is 0. The summed E-state index contributed by atoms with van der Waals surface area (Å²) < 4.78 is 5.32. The first-order valence-corrected chi connectivity index (χ1v) is 15.5. The molecule has 2 N–H and O–H groups in total. The molecule has 236 valence electrons. The van der Waals surface area contributed by atoms with E-state index < -0.39 is 5.63 Å². The quantitative estimate of drug-likeness (QED) is 0.217. The van der Waals surface area contributed by atoms with Crippen LogP contribution in [0.5, 0.6) is 0 Å². The van der Waals surface area contributed by atoms with E-state index in [9.17, 15) is 14.4 Å². The predicted molar refractivity (Wildman–Crippen MR) is 182 cm³/mol. The topological polar surface area (TPSA) is 153 Å². The van der Waals surface area contributed by atoms with Gasteiger partial charge in [0.1, 0.15) is 0 Å². The highest BCUT2D eigenvalue weighted by atomic mass is 16.4. The maximum atomic E-state index is 12.8. The zero-order chi connectivity index (χ0) is 32.9. The molecule has 1 fully saturated rings. The van der Waals surface area contributed by atoms with Crippen molar-refractivity contribution < 1.29 is 14.0 Å². The van der Waals surface area contributed by atoms with Crippen LogP contribution < -0.4 is 16.3 Å². The van der Waals surface area contributed by atoms with Crippen molar-refractivity contribution in [3.05, 3.63) is 131 Å². The Morgan fingerprint density at radius 3 is 2.19 bits per heavy atom. The number of nitrogens with one attached hydrogen (secondary N) is 2. The minimum atomic E-state index is -0.531. The van der Waals surface area contributed by atoms with Crippen molar-refractivity contribution >= 4 is 50.3 Å². The normalized spacial score (nSPS) is 12.6.